The zero-order valence-corrected chi connectivity index (χ0v) is 19.1. The van der Waals surface area contributed by atoms with E-state index in [0.29, 0.717) is 12.1 Å². The third-order valence-electron chi connectivity index (χ3n) is 4.82. The van der Waals surface area contributed by atoms with E-state index in [-0.39, 0.29) is 24.0 Å². The van der Waals surface area contributed by atoms with Gasteiger partial charge in [0.2, 0.25) is 0 Å². The van der Waals surface area contributed by atoms with Crippen LogP contribution in [0.3, 0.4) is 0 Å². The lowest BCUT2D eigenvalue weighted by Crippen LogP contribution is -2.44. The van der Waals surface area contributed by atoms with Crippen molar-refractivity contribution in [3.05, 3.63) is 59.7 Å². The van der Waals surface area contributed by atoms with E-state index in [0.717, 1.165) is 62.0 Å². The summed E-state index contributed by atoms with van der Waals surface area (Å²) in [7, 11) is 1.78. The SMILES string of the molecule is CN=C(NCCN1CCOCC1)NCc1ccc(-c2ccccc2C#N)cc1.I. The van der Waals surface area contributed by atoms with Crippen molar-refractivity contribution in [2.75, 3.05) is 46.4 Å². The number of morpholine rings is 1. The molecule has 1 fully saturated rings. The minimum Gasteiger partial charge on any atom is -0.379 e. The Labute approximate surface area is 190 Å². The van der Waals surface area contributed by atoms with Crippen LogP contribution in [-0.4, -0.2) is 57.3 Å². The van der Waals surface area contributed by atoms with Crippen LogP contribution in [0, 0.1) is 11.3 Å². The van der Waals surface area contributed by atoms with Crippen molar-refractivity contribution in [1.82, 2.24) is 15.5 Å². The lowest BCUT2D eigenvalue weighted by molar-refractivity contribution is 0.0389. The standard InChI is InChI=1S/C22H27N5O.HI/c1-24-22(25-10-11-27-12-14-28-15-13-27)26-17-18-6-8-19(9-7-18)21-5-3-2-4-20(21)16-23;/h2-9H,10-15,17H2,1H3,(H2,24,25,26);1H. The Morgan fingerprint density at radius 3 is 2.52 bits per heavy atom. The van der Waals surface area contributed by atoms with Gasteiger partial charge in [0.25, 0.3) is 0 Å². The third-order valence-corrected chi connectivity index (χ3v) is 4.82. The van der Waals surface area contributed by atoms with Crippen molar-refractivity contribution < 1.29 is 4.74 Å². The number of ether oxygens (including phenoxy) is 1. The summed E-state index contributed by atoms with van der Waals surface area (Å²) in [5.74, 6) is 0.798. The number of guanidine groups is 1. The number of hydrogen-bond acceptors (Lipinski definition) is 4. The summed E-state index contributed by atoms with van der Waals surface area (Å²) in [5, 5.41) is 16.0. The van der Waals surface area contributed by atoms with Crippen molar-refractivity contribution in [2.24, 2.45) is 4.99 Å². The molecule has 0 bridgehead atoms. The summed E-state index contributed by atoms with van der Waals surface area (Å²) in [5.41, 5.74) is 3.87. The molecule has 6 nitrogen and oxygen atoms in total. The molecule has 3 rings (SSSR count). The Morgan fingerprint density at radius 1 is 1.10 bits per heavy atom. The predicted octanol–water partition coefficient (Wildman–Crippen LogP) is 2.84. The highest BCUT2D eigenvalue weighted by Gasteiger charge is 2.09. The second-order valence-corrected chi connectivity index (χ2v) is 6.66. The molecule has 7 heteroatoms. The average molecular weight is 505 g/mol. The van der Waals surface area contributed by atoms with E-state index in [1.54, 1.807) is 7.05 Å². The second kappa shape index (κ2) is 12.4. The molecule has 0 amide bonds. The molecule has 1 heterocycles. The zero-order chi connectivity index (χ0) is 19.6. The number of benzene rings is 2. The van der Waals surface area contributed by atoms with Gasteiger partial charge in [-0.15, -0.1) is 24.0 Å². The molecule has 0 spiro atoms. The van der Waals surface area contributed by atoms with Gasteiger partial charge in [0, 0.05) is 39.8 Å². The number of hydrogen-bond donors (Lipinski definition) is 2. The highest BCUT2D eigenvalue weighted by Crippen LogP contribution is 2.23. The maximum absolute atomic E-state index is 9.27. The van der Waals surface area contributed by atoms with Crippen LogP contribution in [0.15, 0.2) is 53.5 Å². The first kappa shape index (κ1) is 23.1. The summed E-state index contributed by atoms with van der Waals surface area (Å²) in [6.45, 7) is 6.16. The van der Waals surface area contributed by atoms with Crippen LogP contribution in [-0.2, 0) is 11.3 Å². The van der Waals surface area contributed by atoms with Crippen molar-refractivity contribution in [3.8, 4) is 17.2 Å². The van der Waals surface area contributed by atoms with Gasteiger partial charge in [0.05, 0.1) is 24.8 Å². The van der Waals surface area contributed by atoms with Crippen LogP contribution in [0.25, 0.3) is 11.1 Å². The minimum atomic E-state index is 0. The Bertz CT molecular complexity index is 826. The molecule has 0 radical (unpaired) electrons. The van der Waals surface area contributed by atoms with Crippen molar-refractivity contribution in [3.63, 3.8) is 0 Å². The first-order chi connectivity index (χ1) is 13.8. The molecular weight excluding hydrogens is 477 g/mol. The smallest absolute Gasteiger partial charge is 0.191 e. The summed E-state index contributed by atoms with van der Waals surface area (Å²) < 4.78 is 5.37. The summed E-state index contributed by atoms with van der Waals surface area (Å²) in [4.78, 5) is 6.68. The highest BCUT2D eigenvalue weighted by atomic mass is 127. The molecule has 2 aromatic carbocycles. The van der Waals surface area contributed by atoms with Gasteiger partial charge >= 0.3 is 0 Å². The molecule has 0 unspecified atom stereocenters. The maximum Gasteiger partial charge on any atom is 0.191 e. The fourth-order valence-electron chi connectivity index (χ4n) is 3.20. The lowest BCUT2D eigenvalue weighted by Gasteiger charge is -2.26. The van der Waals surface area contributed by atoms with Gasteiger partial charge in [-0.05, 0) is 22.8 Å². The maximum atomic E-state index is 9.27. The molecule has 2 aromatic rings. The first-order valence-electron chi connectivity index (χ1n) is 9.63. The number of nitrogens with one attached hydrogen (secondary N) is 2. The second-order valence-electron chi connectivity index (χ2n) is 6.66. The molecule has 0 saturated carbocycles. The monoisotopic (exact) mass is 505 g/mol. The fourth-order valence-corrected chi connectivity index (χ4v) is 3.20. The molecular formula is C22H28IN5O. The predicted molar refractivity (Wildman–Crippen MR) is 127 cm³/mol. The van der Waals surface area contributed by atoms with Crippen molar-refractivity contribution in [1.29, 1.82) is 5.26 Å². The van der Waals surface area contributed by atoms with Gasteiger partial charge in [0.1, 0.15) is 0 Å². The van der Waals surface area contributed by atoms with Gasteiger partial charge in [-0.2, -0.15) is 5.26 Å². The van der Waals surface area contributed by atoms with Crippen LogP contribution in [0.2, 0.25) is 0 Å². The van der Waals surface area contributed by atoms with Crippen LogP contribution < -0.4 is 10.6 Å². The fraction of sp³-hybridized carbons (Fsp3) is 0.364. The van der Waals surface area contributed by atoms with E-state index in [2.05, 4.69) is 50.9 Å². The normalized spacial score (nSPS) is 14.6. The van der Waals surface area contributed by atoms with E-state index in [1.807, 2.05) is 24.3 Å². The molecule has 0 atom stereocenters. The Kier molecular flexibility index (Phi) is 9.91. The summed E-state index contributed by atoms with van der Waals surface area (Å²) >= 11 is 0. The van der Waals surface area contributed by atoms with E-state index in [4.69, 9.17) is 4.74 Å². The van der Waals surface area contributed by atoms with E-state index < -0.39 is 0 Å². The molecule has 0 aromatic heterocycles. The zero-order valence-electron chi connectivity index (χ0n) is 16.7. The van der Waals surface area contributed by atoms with Crippen molar-refractivity contribution in [2.45, 2.75) is 6.54 Å². The minimum absolute atomic E-state index is 0. The number of aliphatic imine (C=N–C) groups is 1. The number of halogens is 1. The molecule has 154 valence electrons. The molecule has 29 heavy (non-hydrogen) atoms. The molecule has 2 N–H and O–H groups in total. The van der Waals surface area contributed by atoms with E-state index in [9.17, 15) is 5.26 Å². The Balaban J connectivity index is 0.00000300. The van der Waals surface area contributed by atoms with E-state index >= 15 is 0 Å². The van der Waals surface area contributed by atoms with Gasteiger partial charge in [-0.1, -0.05) is 42.5 Å². The Morgan fingerprint density at radius 2 is 1.83 bits per heavy atom. The number of nitriles is 1. The van der Waals surface area contributed by atoms with Gasteiger partial charge in [-0.25, -0.2) is 0 Å². The largest absolute Gasteiger partial charge is 0.379 e. The molecule has 1 aliphatic rings. The number of nitrogens with zero attached hydrogens (tertiary/aromatic N) is 3. The lowest BCUT2D eigenvalue weighted by atomic mass is 9.99. The van der Waals surface area contributed by atoms with Gasteiger partial charge in [0.15, 0.2) is 5.96 Å². The van der Waals surface area contributed by atoms with Crippen LogP contribution >= 0.6 is 24.0 Å². The van der Waals surface area contributed by atoms with Crippen LogP contribution in [0.1, 0.15) is 11.1 Å². The quantitative estimate of drug-likeness (QED) is 0.359. The van der Waals surface area contributed by atoms with Crippen molar-refractivity contribution >= 4 is 29.9 Å². The number of rotatable bonds is 6. The third kappa shape index (κ3) is 6.99. The molecule has 1 aliphatic heterocycles. The topological polar surface area (TPSA) is 72.7 Å². The van der Waals surface area contributed by atoms with E-state index in [1.165, 1.54) is 0 Å². The van der Waals surface area contributed by atoms with Gasteiger partial charge < -0.3 is 15.4 Å². The molecule has 1 saturated heterocycles. The average Bonchev–Trinajstić information content (AvgIpc) is 2.77. The first-order valence-corrected chi connectivity index (χ1v) is 9.63. The summed E-state index contributed by atoms with van der Waals surface area (Å²) in [6, 6.07) is 18.2. The van der Waals surface area contributed by atoms with Gasteiger partial charge in [-0.3, -0.25) is 9.89 Å². The molecule has 0 aliphatic carbocycles. The van der Waals surface area contributed by atoms with Crippen LogP contribution in [0.5, 0.6) is 0 Å². The summed E-state index contributed by atoms with van der Waals surface area (Å²) in [6.07, 6.45) is 0. The Hall–Kier alpha value is -2.15. The highest BCUT2D eigenvalue weighted by molar-refractivity contribution is 14.0. The van der Waals surface area contributed by atoms with Crippen LogP contribution in [0.4, 0.5) is 0 Å².